The Morgan fingerprint density at radius 3 is 2.56 bits per heavy atom. The molecule has 5 rings (SSSR count). The fourth-order valence-corrected chi connectivity index (χ4v) is 5.94. The summed E-state index contributed by atoms with van der Waals surface area (Å²) in [6.07, 6.45) is -4.35. The molecule has 3 aliphatic rings. The van der Waals surface area contributed by atoms with E-state index in [1.54, 1.807) is 18.7 Å². The molecule has 0 unspecified atom stereocenters. The molecular formula is C27H30F4N6O4. The van der Waals surface area contributed by atoms with E-state index in [9.17, 15) is 27.9 Å². The molecule has 2 aromatic rings. The number of hydrogen-bond acceptors (Lipinski definition) is 8. The molecule has 2 amide bonds. The fourth-order valence-electron chi connectivity index (χ4n) is 5.94. The SMILES string of the molecule is C=CC(=O)N1CCN2C(=O)c3c(N4C[C@@H](O)CC4(C)C)nc(-c4nc(N)cc(C)c4C(F)(F)F)c(F)c3OC[C@H]2C1. The Morgan fingerprint density at radius 2 is 1.95 bits per heavy atom. The molecule has 0 spiro atoms. The van der Waals surface area contributed by atoms with Crippen LogP contribution in [0.25, 0.3) is 11.4 Å². The van der Waals surface area contributed by atoms with E-state index in [4.69, 9.17) is 10.5 Å². The monoisotopic (exact) mass is 578 g/mol. The lowest BCUT2D eigenvalue weighted by molar-refractivity contribution is -0.137. The number of nitrogens with zero attached hydrogens (tertiary/aromatic N) is 5. The smallest absolute Gasteiger partial charge is 0.418 e. The molecule has 0 saturated carbocycles. The molecule has 41 heavy (non-hydrogen) atoms. The summed E-state index contributed by atoms with van der Waals surface area (Å²) >= 11 is 0. The number of ether oxygens (including phenoxy) is 1. The van der Waals surface area contributed by atoms with Crippen LogP contribution in [0.3, 0.4) is 0 Å². The molecule has 2 atom stereocenters. The maximum absolute atomic E-state index is 16.3. The van der Waals surface area contributed by atoms with Crippen LogP contribution in [0.1, 0.15) is 41.8 Å². The number of anilines is 2. The van der Waals surface area contributed by atoms with Crippen molar-refractivity contribution >= 4 is 23.5 Å². The Bertz CT molecular complexity index is 1450. The van der Waals surface area contributed by atoms with Crippen LogP contribution < -0.4 is 15.4 Å². The van der Waals surface area contributed by atoms with Crippen molar-refractivity contribution in [3.63, 3.8) is 0 Å². The van der Waals surface area contributed by atoms with Crippen LogP contribution in [0.5, 0.6) is 5.75 Å². The van der Waals surface area contributed by atoms with E-state index in [1.165, 1.54) is 16.7 Å². The highest BCUT2D eigenvalue weighted by Gasteiger charge is 2.46. The molecule has 2 aromatic heterocycles. The number of aromatic nitrogens is 2. The molecule has 0 aliphatic carbocycles. The van der Waals surface area contributed by atoms with Gasteiger partial charge in [0.05, 0.1) is 17.7 Å². The Hall–Kier alpha value is -3.94. The first-order valence-corrected chi connectivity index (χ1v) is 13.0. The predicted molar refractivity (Wildman–Crippen MR) is 141 cm³/mol. The van der Waals surface area contributed by atoms with Crippen molar-refractivity contribution in [3.05, 3.63) is 41.2 Å². The predicted octanol–water partition coefficient (Wildman–Crippen LogP) is 2.77. The lowest BCUT2D eigenvalue weighted by Gasteiger charge is -2.40. The van der Waals surface area contributed by atoms with Crippen molar-refractivity contribution in [2.45, 2.75) is 51.1 Å². The third-order valence-corrected chi connectivity index (χ3v) is 7.80. The summed E-state index contributed by atoms with van der Waals surface area (Å²) in [7, 11) is 0. The lowest BCUT2D eigenvalue weighted by Crippen LogP contribution is -2.57. The first kappa shape index (κ1) is 28.6. The molecule has 3 N–H and O–H groups in total. The van der Waals surface area contributed by atoms with Gasteiger partial charge in [-0.1, -0.05) is 6.58 Å². The summed E-state index contributed by atoms with van der Waals surface area (Å²) in [6, 6.07) is 0.363. The van der Waals surface area contributed by atoms with Gasteiger partial charge in [-0.25, -0.2) is 14.4 Å². The second-order valence-corrected chi connectivity index (χ2v) is 11.1. The van der Waals surface area contributed by atoms with Crippen molar-refractivity contribution in [1.82, 2.24) is 19.8 Å². The van der Waals surface area contributed by atoms with Gasteiger partial charge < -0.3 is 30.3 Å². The van der Waals surface area contributed by atoms with Crippen LogP contribution in [0.4, 0.5) is 29.2 Å². The van der Waals surface area contributed by atoms with E-state index in [1.807, 2.05) is 0 Å². The second kappa shape index (κ2) is 9.86. The van der Waals surface area contributed by atoms with Gasteiger partial charge in [-0.15, -0.1) is 0 Å². The lowest BCUT2D eigenvalue weighted by atomic mass is 9.99. The van der Waals surface area contributed by atoms with Gasteiger partial charge in [0, 0.05) is 31.7 Å². The van der Waals surface area contributed by atoms with Gasteiger partial charge in [-0.2, -0.15) is 13.2 Å². The molecule has 0 bridgehead atoms. The first-order valence-electron chi connectivity index (χ1n) is 13.0. The van der Waals surface area contributed by atoms with Crippen molar-refractivity contribution in [2.24, 2.45) is 0 Å². The highest BCUT2D eigenvalue weighted by molar-refractivity contribution is 6.03. The first-order chi connectivity index (χ1) is 19.1. The van der Waals surface area contributed by atoms with E-state index < -0.39 is 58.3 Å². The zero-order valence-electron chi connectivity index (χ0n) is 22.8. The van der Waals surface area contributed by atoms with Crippen LogP contribution in [-0.2, 0) is 11.0 Å². The number of piperazine rings is 1. The largest absolute Gasteiger partial charge is 0.487 e. The number of nitrogens with two attached hydrogens (primary N) is 1. The number of nitrogen functional groups attached to an aromatic ring is 1. The van der Waals surface area contributed by atoms with E-state index >= 15 is 4.39 Å². The number of aryl methyl sites for hydroxylation is 1. The molecule has 220 valence electrons. The molecule has 2 fully saturated rings. The number of β-amino-alcohol motifs (C(OH)–C–C–N with tert-alkyl or cyclic N) is 1. The highest BCUT2D eigenvalue weighted by atomic mass is 19.4. The Kier molecular flexibility index (Phi) is 6.87. The summed E-state index contributed by atoms with van der Waals surface area (Å²) in [5.41, 5.74) is 1.59. The second-order valence-electron chi connectivity index (χ2n) is 11.1. The number of aliphatic hydroxyl groups excluding tert-OH is 1. The van der Waals surface area contributed by atoms with Crippen LogP contribution in [-0.4, -0.2) is 87.2 Å². The average Bonchev–Trinajstić information content (AvgIpc) is 3.06. The van der Waals surface area contributed by atoms with E-state index in [2.05, 4.69) is 16.5 Å². The number of hydrogen-bond donors (Lipinski definition) is 2. The summed E-state index contributed by atoms with van der Waals surface area (Å²) in [5.74, 6) is -3.27. The molecule has 14 heteroatoms. The third-order valence-electron chi connectivity index (χ3n) is 7.80. The van der Waals surface area contributed by atoms with E-state index in [0.29, 0.717) is 0 Å². The van der Waals surface area contributed by atoms with E-state index in [-0.39, 0.29) is 67.9 Å². The summed E-state index contributed by atoms with van der Waals surface area (Å²) in [5, 5.41) is 10.5. The fraction of sp³-hybridized carbons (Fsp3) is 0.481. The molecule has 0 aromatic carbocycles. The number of carbonyl (C=O) groups excluding carboxylic acids is 2. The molecule has 5 heterocycles. The number of aliphatic hydroxyl groups is 1. The third kappa shape index (κ3) is 4.83. The summed E-state index contributed by atoms with van der Waals surface area (Å²) < 4.78 is 64.9. The van der Waals surface area contributed by atoms with Crippen LogP contribution in [0.2, 0.25) is 0 Å². The van der Waals surface area contributed by atoms with Crippen molar-refractivity contribution in [3.8, 4) is 17.1 Å². The van der Waals surface area contributed by atoms with Gasteiger partial charge in [0.15, 0.2) is 11.6 Å². The van der Waals surface area contributed by atoms with Crippen molar-refractivity contribution in [2.75, 3.05) is 43.4 Å². The van der Waals surface area contributed by atoms with Crippen LogP contribution in [0, 0.1) is 12.7 Å². The number of amides is 2. The zero-order valence-corrected chi connectivity index (χ0v) is 22.8. The maximum atomic E-state index is 16.3. The highest BCUT2D eigenvalue weighted by Crippen LogP contribution is 2.46. The molecular weight excluding hydrogens is 548 g/mol. The van der Waals surface area contributed by atoms with Crippen molar-refractivity contribution in [1.29, 1.82) is 0 Å². The normalized spacial score (nSPS) is 22.1. The Balaban J connectivity index is 1.75. The summed E-state index contributed by atoms with van der Waals surface area (Å²) in [6.45, 7) is 8.36. The standard InChI is InChI=1S/C27H30F4N6O4/c1-5-17(39)35-6-7-36-14(10-35)12-41-23-18(25(36)40)24(37-11-15(38)9-26(37,3)4)34-22(20(23)28)21-19(27(29,30)31)13(2)8-16(32)33-21/h5,8,14-15,38H,1,6-7,9-12H2,2-4H3,(H2,32,33)/t14-,15+/m1/s1. The number of pyridine rings is 2. The number of fused-ring (bicyclic) bond motifs is 2. The average molecular weight is 579 g/mol. The molecule has 3 aliphatic heterocycles. The Labute approximate surface area is 233 Å². The van der Waals surface area contributed by atoms with Gasteiger partial charge in [0.2, 0.25) is 5.91 Å². The van der Waals surface area contributed by atoms with Crippen LogP contribution in [0.15, 0.2) is 18.7 Å². The maximum Gasteiger partial charge on any atom is 0.418 e. The van der Waals surface area contributed by atoms with Gasteiger partial charge in [0.25, 0.3) is 5.91 Å². The topological polar surface area (TPSA) is 125 Å². The minimum atomic E-state index is -4.93. The number of carbonyl (C=O) groups is 2. The van der Waals surface area contributed by atoms with Gasteiger partial charge in [0.1, 0.15) is 35.2 Å². The van der Waals surface area contributed by atoms with Gasteiger partial charge in [-0.3, -0.25) is 9.59 Å². The van der Waals surface area contributed by atoms with Crippen LogP contribution >= 0.6 is 0 Å². The number of halogens is 4. The minimum absolute atomic E-state index is 0.00858. The van der Waals surface area contributed by atoms with Gasteiger partial charge >= 0.3 is 6.18 Å². The van der Waals surface area contributed by atoms with Crippen molar-refractivity contribution < 1.29 is 37.0 Å². The number of alkyl halides is 3. The van der Waals surface area contributed by atoms with Gasteiger partial charge in [-0.05, 0) is 44.9 Å². The molecule has 0 radical (unpaired) electrons. The zero-order chi connectivity index (χ0) is 30.0. The minimum Gasteiger partial charge on any atom is -0.487 e. The summed E-state index contributed by atoms with van der Waals surface area (Å²) in [4.78, 5) is 38.9. The molecule has 2 saturated heterocycles. The van der Waals surface area contributed by atoms with E-state index in [0.717, 1.165) is 12.1 Å². The Morgan fingerprint density at radius 1 is 1.24 bits per heavy atom. The molecule has 10 nitrogen and oxygen atoms in total. The quantitative estimate of drug-likeness (QED) is 0.421. The number of rotatable bonds is 3.